The Bertz CT molecular complexity index is 4420. The van der Waals surface area contributed by atoms with Crippen LogP contribution in [0, 0.1) is 83.1 Å². The lowest BCUT2D eigenvalue weighted by Crippen LogP contribution is -2.32. The van der Waals surface area contributed by atoms with E-state index >= 15 is 0 Å². The summed E-state index contributed by atoms with van der Waals surface area (Å²) in [5, 5.41) is 9.21. The highest BCUT2D eigenvalue weighted by Crippen LogP contribution is 2.34. The minimum absolute atomic E-state index is 0.555. The van der Waals surface area contributed by atoms with Gasteiger partial charge in [-0.3, -0.25) is 0 Å². The molecule has 0 aliphatic carbocycles. The van der Waals surface area contributed by atoms with Gasteiger partial charge in [-0.1, -0.05) is 128 Å². The normalized spacial score (nSPS) is 11.1. The van der Waals surface area contributed by atoms with E-state index in [0.29, 0.717) is 5.92 Å². The maximum Gasteiger partial charge on any atom is 0.220 e. The number of hydrogen-bond donors (Lipinski definition) is 0. The van der Waals surface area contributed by atoms with Crippen molar-refractivity contribution in [3.05, 3.63) is 261 Å². The van der Waals surface area contributed by atoms with E-state index in [9.17, 15) is 0 Å². The van der Waals surface area contributed by atoms with Gasteiger partial charge in [-0.05, 0) is 203 Å². The second-order valence-corrected chi connectivity index (χ2v) is 23.8. The number of hydrogen-bond acceptors (Lipinski definition) is 0. The van der Waals surface area contributed by atoms with Gasteiger partial charge in [0.15, 0.2) is 18.6 Å². The zero-order chi connectivity index (χ0) is 59.6. The van der Waals surface area contributed by atoms with Crippen LogP contribution in [0.2, 0.25) is 0 Å². The number of aryl methyl sites for hydroxylation is 13. The summed E-state index contributed by atoms with van der Waals surface area (Å²) in [4.78, 5) is 0. The Morgan fingerprint density at radius 2 is 0.735 bits per heavy atom. The second kappa shape index (κ2) is 24.9. The fourth-order valence-corrected chi connectivity index (χ4v) is 12.3. The maximum absolute atomic E-state index is 2.33. The molecule has 0 saturated carbocycles. The number of fused-ring (bicyclic) bond motifs is 4. The molecule has 418 valence electrons. The van der Waals surface area contributed by atoms with Crippen molar-refractivity contribution < 1.29 is 18.3 Å². The highest BCUT2D eigenvalue weighted by molar-refractivity contribution is 5.96. The Morgan fingerprint density at radius 3 is 1.24 bits per heavy atom. The first-order valence-electron chi connectivity index (χ1n) is 29.5. The van der Waals surface area contributed by atoms with Crippen LogP contribution in [0.3, 0.4) is 0 Å². The summed E-state index contributed by atoms with van der Waals surface area (Å²) >= 11 is 0. The van der Waals surface area contributed by atoms with E-state index in [0.717, 1.165) is 0 Å². The van der Waals surface area contributed by atoms with Crippen molar-refractivity contribution in [2.75, 3.05) is 0 Å². The average molecular weight is 1090 g/mol. The topological polar surface area (TPSA) is 15.5 Å². The van der Waals surface area contributed by atoms with Gasteiger partial charge in [0, 0.05) is 41.5 Å². The molecule has 0 bridgehead atoms. The standard InChI is InChI=1S/C22H26N.C21H24N.C19H20N.C17H16N/c1-14(2)18-7-8-20-19(13-18)9-10-23(6)22(20)21-12-15(3)11-16(4)17(21)5;1-13-10-15(3)17(5)18(11-13)20-12-16(4)21-14(2)8-7-9-19(21)22(20)6;1-13-11-14(2)15(3)18(12-13)19-17-8-6-5-7-16(17)9-10-20(19)4;1-13-7-3-5-9-15(13)17-16-10-6-4-8-14(16)11-12-18(17)2/h7-14H,1-6H3;7-12H,1-6H3;5-12H,1-4H3;3-12H,1-2H3/q4*+1. The molecule has 0 N–H and O–H groups in total. The third kappa shape index (κ3) is 12.3. The van der Waals surface area contributed by atoms with Crippen molar-refractivity contribution in [3.8, 4) is 45.0 Å². The lowest BCUT2D eigenvalue weighted by molar-refractivity contribution is -0.659. The Kier molecular flexibility index (Phi) is 17.7. The molecule has 4 heteroatoms. The van der Waals surface area contributed by atoms with Crippen LogP contribution in [0.15, 0.2) is 188 Å². The Labute approximate surface area is 495 Å². The predicted molar refractivity (Wildman–Crippen MR) is 353 cm³/mol. The van der Waals surface area contributed by atoms with Gasteiger partial charge in [0.25, 0.3) is 0 Å². The molecular formula is C79H86N4+4. The molecule has 0 fully saturated rings. The lowest BCUT2D eigenvalue weighted by Gasteiger charge is -2.12. The van der Waals surface area contributed by atoms with Crippen LogP contribution in [-0.4, -0.2) is 0 Å². The molecule has 12 rings (SSSR count). The van der Waals surface area contributed by atoms with E-state index in [1.807, 2.05) is 0 Å². The number of benzene rings is 8. The lowest BCUT2D eigenvalue weighted by atomic mass is 9.93. The predicted octanol–water partition coefficient (Wildman–Crippen LogP) is 18.1. The third-order valence-corrected chi connectivity index (χ3v) is 17.3. The first kappa shape index (κ1) is 59.0. The van der Waals surface area contributed by atoms with Crippen molar-refractivity contribution >= 4 is 43.2 Å². The van der Waals surface area contributed by atoms with Crippen LogP contribution in [-0.2, 0) is 28.2 Å². The summed E-state index contributed by atoms with van der Waals surface area (Å²) < 4.78 is 9.00. The van der Waals surface area contributed by atoms with Crippen LogP contribution in [0.4, 0.5) is 0 Å². The molecular weight excluding hydrogens is 1000 g/mol. The largest absolute Gasteiger partial charge is 0.220 e. The van der Waals surface area contributed by atoms with Crippen LogP contribution >= 0.6 is 0 Å². The average Bonchev–Trinajstić information content (AvgIpc) is 3.66. The van der Waals surface area contributed by atoms with Crippen LogP contribution in [0.5, 0.6) is 0 Å². The fraction of sp³-hybridized carbons (Fsp3) is 0.241. The molecule has 0 spiro atoms. The zero-order valence-electron chi connectivity index (χ0n) is 52.8. The molecule has 4 nitrogen and oxygen atoms in total. The summed E-state index contributed by atoms with van der Waals surface area (Å²) in [5.74, 6) is 0.555. The van der Waals surface area contributed by atoms with E-state index in [2.05, 4.69) is 332 Å². The van der Waals surface area contributed by atoms with Crippen LogP contribution in [0.25, 0.3) is 88.2 Å². The van der Waals surface area contributed by atoms with E-state index in [4.69, 9.17) is 0 Å². The SMILES string of the molecule is Cc1cc(C)c(C)c(-c2c3ccc(C(C)C)cc3cc[n+]2C)c1.Cc1cc(C)c(C)c(-c2c3ccccc3cc[n+]2C)c1.Cc1cc(C)c(C)c(-c2cc(C)c3c(C)cccc3[n+]2C)c1.Cc1ccccc1-c1c2ccccc2cc[n+]1C. The first-order chi connectivity index (χ1) is 39.6. The molecule has 0 amide bonds. The Hall–Kier alpha value is -8.60. The molecule has 0 atom stereocenters. The molecule has 83 heavy (non-hydrogen) atoms. The highest BCUT2D eigenvalue weighted by atomic mass is 14.9. The summed E-state index contributed by atoms with van der Waals surface area (Å²) in [6, 6.07) is 61.7. The van der Waals surface area contributed by atoms with Crippen molar-refractivity contribution in [1.82, 2.24) is 0 Å². The molecule has 4 aromatic heterocycles. The van der Waals surface area contributed by atoms with Gasteiger partial charge in [-0.2, -0.15) is 4.57 Å². The monoisotopic (exact) mass is 1090 g/mol. The summed E-state index contributed by atoms with van der Waals surface area (Å²) in [6.45, 7) is 30.8. The van der Waals surface area contributed by atoms with Crippen molar-refractivity contribution in [2.24, 2.45) is 28.2 Å². The van der Waals surface area contributed by atoms with Crippen molar-refractivity contribution in [2.45, 2.75) is 103 Å². The summed E-state index contributed by atoms with van der Waals surface area (Å²) in [7, 11) is 8.54. The highest BCUT2D eigenvalue weighted by Gasteiger charge is 2.23. The molecule has 8 aromatic carbocycles. The van der Waals surface area contributed by atoms with Gasteiger partial charge in [0.05, 0.1) is 32.7 Å². The number of rotatable bonds is 5. The molecule has 0 saturated heterocycles. The van der Waals surface area contributed by atoms with Crippen molar-refractivity contribution in [3.63, 3.8) is 0 Å². The van der Waals surface area contributed by atoms with Gasteiger partial charge >= 0.3 is 0 Å². The fourth-order valence-electron chi connectivity index (χ4n) is 12.3. The molecule has 0 unspecified atom stereocenters. The van der Waals surface area contributed by atoms with Gasteiger partial charge < -0.3 is 0 Å². The van der Waals surface area contributed by atoms with Crippen LogP contribution < -0.4 is 18.3 Å². The first-order valence-corrected chi connectivity index (χ1v) is 29.5. The summed E-state index contributed by atoms with van der Waals surface area (Å²) in [5.41, 5.74) is 29.3. The second-order valence-electron chi connectivity index (χ2n) is 23.8. The van der Waals surface area contributed by atoms with Gasteiger partial charge in [0.1, 0.15) is 28.2 Å². The summed E-state index contributed by atoms with van der Waals surface area (Å²) in [6.07, 6.45) is 6.46. The van der Waals surface area contributed by atoms with E-state index in [-0.39, 0.29) is 0 Å². The quantitative estimate of drug-likeness (QED) is 0.153. The van der Waals surface area contributed by atoms with E-state index < -0.39 is 0 Å². The minimum atomic E-state index is 0.555. The molecule has 4 heterocycles. The Balaban J connectivity index is 0.000000133. The number of pyridine rings is 4. The van der Waals surface area contributed by atoms with Crippen LogP contribution in [0.1, 0.15) is 92.1 Å². The Morgan fingerprint density at radius 1 is 0.313 bits per heavy atom. The number of aromatic nitrogens is 4. The molecule has 12 aromatic rings. The number of nitrogens with zero attached hydrogens (tertiary/aromatic N) is 4. The molecule has 0 aliphatic heterocycles. The smallest absolute Gasteiger partial charge is 0.200 e. The van der Waals surface area contributed by atoms with Crippen molar-refractivity contribution in [1.29, 1.82) is 0 Å². The van der Waals surface area contributed by atoms with Gasteiger partial charge in [0.2, 0.25) is 28.3 Å². The van der Waals surface area contributed by atoms with E-state index in [1.165, 1.54) is 161 Å². The van der Waals surface area contributed by atoms with Gasteiger partial charge in [-0.25, -0.2) is 13.7 Å². The van der Waals surface area contributed by atoms with E-state index in [1.54, 1.807) is 0 Å². The minimum Gasteiger partial charge on any atom is -0.200 e. The zero-order valence-corrected chi connectivity index (χ0v) is 52.8. The molecule has 0 aliphatic rings. The maximum atomic E-state index is 2.33. The van der Waals surface area contributed by atoms with Gasteiger partial charge in [-0.15, -0.1) is 0 Å². The molecule has 0 radical (unpaired) electrons. The third-order valence-electron chi connectivity index (χ3n) is 17.3.